The normalized spacial score (nSPS) is 25.3. The van der Waals surface area contributed by atoms with Gasteiger partial charge in [-0.15, -0.1) is 0 Å². The standard InChI is InChI=1S/C23H26FN5O5/c24-23(7-8-23)12-28-20-13(1-6-17(30)27-10-15-4-5-16(11-27)34-15)9-25-29(20)22(33)18(21(28)32)19(31)26-14-2-3-14/h1,6,9,14-16,32H,2-5,7-8,10-12H2,(H,26,31). The third-order valence-electron chi connectivity index (χ3n) is 7.05. The minimum Gasteiger partial charge on any atom is -0.494 e. The summed E-state index contributed by atoms with van der Waals surface area (Å²) in [6.45, 7) is 0.840. The van der Waals surface area contributed by atoms with Gasteiger partial charge in [0.2, 0.25) is 11.8 Å². The third-order valence-corrected chi connectivity index (χ3v) is 7.05. The number of nitrogens with zero attached hydrogens (tertiary/aromatic N) is 4. The van der Waals surface area contributed by atoms with Gasteiger partial charge < -0.3 is 20.1 Å². The maximum Gasteiger partial charge on any atom is 0.291 e. The lowest BCUT2D eigenvalue weighted by Gasteiger charge is -2.31. The van der Waals surface area contributed by atoms with E-state index in [-0.39, 0.29) is 36.3 Å². The highest BCUT2D eigenvalue weighted by Crippen LogP contribution is 2.42. The number of amides is 2. The van der Waals surface area contributed by atoms with Gasteiger partial charge in [0.05, 0.1) is 24.9 Å². The maximum absolute atomic E-state index is 14.8. The Balaban J connectivity index is 1.37. The van der Waals surface area contributed by atoms with Crippen molar-refractivity contribution < 1.29 is 23.8 Å². The Hall–Kier alpha value is -3.21. The van der Waals surface area contributed by atoms with Crippen LogP contribution in [0, 0.1) is 0 Å². The molecule has 34 heavy (non-hydrogen) atoms. The lowest BCUT2D eigenvalue weighted by atomic mass is 10.2. The number of fused-ring (bicyclic) bond motifs is 3. The van der Waals surface area contributed by atoms with Crippen LogP contribution in [0.5, 0.6) is 5.88 Å². The van der Waals surface area contributed by atoms with Gasteiger partial charge in [0, 0.05) is 30.8 Å². The van der Waals surface area contributed by atoms with Gasteiger partial charge in [0.15, 0.2) is 5.56 Å². The number of hydrogen-bond acceptors (Lipinski definition) is 6. The van der Waals surface area contributed by atoms with Crippen LogP contribution in [0.3, 0.4) is 0 Å². The topological polar surface area (TPSA) is 118 Å². The molecule has 4 fully saturated rings. The Kier molecular flexibility index (Phi) is 4.80. The molecule has 2 amide bonds. The first-order chi connectivity index (χ1) is 16.3. The Bertz CT molecular complexity index is 1260. The Labute approximate surface area is 194 Å². The summed E-state index contributed by atoms with van der Waals surface area (Å²) in [6, 6.07) is -0.0241. The van der Waals surface area contributed by atoms with E-state index in [1.807, 2.05) is 0 Å². The number of hydrogen-bond donors (Lipinski definition) is 2. The first-order valence-corrected chi connectivity index (χ1v) is 11.8. The summed E-state index contributed by atoms with van der Waals surface area (Å²) in [6.07, 6.45) is 8.57. The number of carbonyl (C=O) groups is 2. The van der Waals surface area contributed by atoms with Crippen molar-refractivity contribution in [2.45, 2.75) is 69.0 Å². The summed E-state index contributed by atoms with van der Waals surface area (Å²) < 4.78 is 22.8. The number of alkyl halides is 1. The molecule has 180 valence electrons. The highest BCUT2D eigenvalue weighted by Gasteiger charge is 2.45. The quantitative estimate of drug-likeness (QED) is 0.607. The van der Waals surface area contributed by atoms with Gasteiger partial charge in [0.1, 0.15) is 11.3 Å². The van der Waals surface area contributed by atoms with Gasteiger partial charge in [0.25, 0.3) is 11.5 Å². The van der Waals surface area contributed by atoms with Crippen molar-refractivity contribution in [2.24, 2.45) is 0 Å². The lowest BCUT2D eigenvalue weighted by molar-refractivity contribution is -0.134. The van der Waals surface area contributed by atoms with Gasteiger partial charge in [-0.25, -0.2) is 4.39 Å². The Morgan fingerprint density at radius 3 is 2.59 bits per heavy atom. The van der Waals surface area contributed by atoms with Gasteiger partial charge in [-0.2, -0.15) is 9.61 Å². The predicted octanol–water partition coefficient (Wildman–Crippen LogP) is 0.999. The van der Waals surface area contributed by atoms with Crippen LogP contribution in [0.1, 0.15) is 54.4 Å². The largest absolute Gasteiger partial charge is 0.494 e. The van der Waals surface area contributed by atoms with E-state index in [0.29, 0.717) is 31.5 Å². The van der Waals surface area contributed by atoms with E-state index in [9.17, 15) is 23.9 Å². The van der Waals surface area contributed by atoms with Crippen molar-refractivity contribution in [1.29, 1.82) is 0 Å². The number of aromatic nitrogens is 3. The fourth-order valence-corrected chi connectivity index (χ4v) is 4.80. The lowest BCUT2D eigenvalue weighted by Crippen LogP contribution is -2.45. The van der Waals surface area contributed by atoms with Crippen molar-refractivity contribution in [3.8, 4) is 5.88 Å². The number of rotatable bonds is 6. The molecule has 0 radical (unpaired) electrons. The van der Waals surface area contributed by atoms with E-state index >= 15 is 0 Å². The number of nitrogens with one attached hydrogen (secondary N) is 1. The van der Waals surface area contributed by atoms with Crippen molar-refractivity contribution in [3.05, 3.63) is 33.8 Å². The smallest absolute Gasteiger partial charge is 0.291 e. The van der Waals surface area contributed by atoms with Crippen molar-refractivity contribution in [1.82, 2.24) is 24.4 Å². The number of morpholine rings is 1. The van der Waals surface area contributed by atoms with Crippen molar-refractivity contribution in [3.63, 3.8) is 0 Å². The average molecular weight is 471 g/mol. The summed E-state index contributed by atoms with van der Waals surface area (Å²) in [5, 5.41) is 17.7. The van der Waals surface area contributed by atoms with Crippen LogP contribution in [0.25, 0.3) is 11.7 Å². The highest BCUT2D eigenvalue weighted by molar-refractivity contribution is 5.97. The molecule has 2 atom stereocenters. The summed E-state index contributed by atoms with van der Waals surface area (Å²) in [4.78, 5) is 40.3. The summed E-state index contributed by atoms with van der Waals surface area (Å²) in [5.74, 6) is -1.48. The molecule has 2 unspecified atom stereocenters. The second-order valence-electron chi connectivity index (χ2n) is 9.86. The molecule has 2 saturated carbocycles. The molecule has 4 heterocycles. The van der Waals surface area contributed by atoms with Gasteiger partial charge in [-0.05, 0) is 44.6 Å². The Morgan fingerprint density at radius 2 is 1.94 bits per heavy atom. The molecular weight excluding hydrogens is 445 g/mol. The zero-order valence-electron chi connectivity index (χ0n) is 18.6. The highest BCUT2D eigenvalue weighted by atomic mass is 19.1. The monoisotopic (exact) mass is 471 g/mol. The molecule has 2 N–H and O–H groups in total. The molecule has 2 aliphatic heterocycles. The number of halogens is 1. The molecule has 0 spiro atoms. The minimum absolute atomic E-state index is 0.0241. The fourth-order valence-electron chi connectivity index (χ4n) is 4.80. The maximum atomic E-state index is 14.8. The molecular formula is C23H26FN5O5. The second-order valence-corrected chi connectivity index (χ2v) is 9.86. The molecule has 10 nitrogen and oxygen atoms in total. The minimum atomic E-state index is -1.52. The van der Waals surface area contributed by atoms with Crippen LogP contribution in [0.4, 0.5) is 4.39 Å². The third kappa shape index (κ3) is 3.77. The van der Waals surface area contributed by atoms with E-state index < -0.39 is 28.6 Å². The van der Waals surface area contributed by atoms with Crippen molar-refractivity contribution >= 4 is 23.5 Å². The van der Waals surface area contributed by atoms with Crippen LogP contribution < -0.4 is 10.9 Å². The van der Waals surface area contributed by atoms with Gasteiger partial charge in [-0.3, -0.25) is 19.0 Å². The molecule has 2 aromatic heterocycles. The molecule has 2 bridgehead atoms. The molecule has 2 saturated heterocycles. The number of likely N-dealkylation sites (tertiary alicyclic amines) is 1. The SMILES string of the molecule is O=C(NC1CC1)c1c(O)n(CC2(F)CC2)c2c(C=CC(=O)N3CC4CCC(C3)O4)cnn2c1=O. The number of aromatic hydroxyl groups is 1. The molecule has 4 aliphatic rings. The first-order valence-electron chi connectivity index (χ1n) is 11.8. The zero-order chi connectivity index (χ0) is 23.6. The van der Waals surface area contributed by atoms with Crippen LogP contribution in [-0.4, -0.2) is 73.0 Å². The van der Waals surface area contributed by atoms with Crippen LogP contribution in [0.15, 0.2) is 17.1 Å². The second kappa shape index (κ2) is 7.66. The summed E-state index contributed by atoms with van der Waals surface area (Å²) in [5.41, 5.74) is -2.26. The molecule has 2 aliphatic carbocycles. The number of ether oxygens (including phenoxy) is 1. The zero-order valence-corrected chi connectivity index (χ0v) is 18.6. The van der Waals surface area contributed by atoms with Crippen molar-refractivity contribution in [2.75, 3.05) is 13.1 Å². The van der Waals surface area contributed by atoms with Crippen LogP contribution in [-0.2, 0) is 16.1 Å². The molecule has 11 heteroatoms. The summed E-state index contributed by atoms with van der Waals surface area (Å²) in [7, 11) is 0. The van der Waals surface area contributed by atoms with E-state index in [4.69, 9.17) is 4.74 Å². The predicted molar refractivity (Wildman–Crippen MR) is 118 cm³/mol. The Morgan fingerprint density at radius 1 is 1.24 bits per heavy atom. The van der Waals surface area contributed by atoms with E-state index in [0.717, 1.165) is 30.2 Å². The molecule has 6 rings (SSSR count). The van der Waals surface area contributed by atoms with E-state index in [2.05, 4.69) is 10.4 Å². The summed E-state index contributed by atoms with van der Waals surface area (Å²) >= 11 is 0. The fraction of sp³-hybridized carbons (Fsp3) is 0.565. The molecule has 0 aromatic carbocycles. The van der Waals surface area contributed by atoms with Gasteiger partial charge >= 0.3 is 0 Å². The van der Waals surface area contributed by atoms with Gasteiger partial charge in [-0.1, -0.05) is 0 Å². The van der Waals surface area contributed by atoms with Crippen LogP contribution >= 0.6 is 0 Å². The van der Waals surface area contributed by atoms with E-state index in [1.165, 1.54) is 22.9 Å². The van der Waals surface area contributed by atoms with Crippen LogP contribution in [0.2, 0.25) is 0 Å². The van der Waals surface area contributed by atoms with E-state index in [1.54, 1.807) is 4.90 Å². The average Bonchev–Trinajstić information content (AvgIpc) is 3.69. The first kappa shape index (κ1) is 21.3. The number of carbonyl (C=O) groups excluding carboxylic acids is 2. The molecule has 2 aromatic rings.